The summed E-state index contributed by atoms with van der Waals surface area (Å²) < 4.78 is 0. The normalized spacial score (nSPS) is 13.9. The quantitative estimate of drug-likeness (QED) is 0.490. The average molecular weight is 403 g/mol. The number of piperazine rings is 1. The first-order valence-electron chi connectivity index (χ1n) is 9.72. The zero-order valence-electron chi connectivity index (χ0n) is 16.6. The van der Waals surface area contributed by atoms with Crippen LogP contribution in [0.3, 0.4) is 0 Å². The van der Waals surface area contributed by atoms with Crippen molar-refractivity contribution >= 4 is 17.4 Å². The maximum Gasteiger partial charge on any atom is 0.273 e. The van der Waals surface area contributed by atoms with Crippen LogP contribution in [0.1, 0.15) is 15.9 Å². The fourth-order valence-electron chi connectivity index (χ4n) is 3.62. The number of carbonyl (C=O) groups is 1. The highest BCUT2D eigenvalue weighted by Gasteiger charge is 2.26. The van der Waals surface area contributed by atoms with Crippen LogP contribution >= 0.6 is 0 Å². The molecule has 1 amide bonds. The molecular weight excluding hydrogens is 382 g/mol. The maximum atomic E-state index is 12.9. The van der Waals surface area contributed by atoms with Crippen molar-refractivity contribution in [3.63, 3.8) is 0 Å². The Hall–Kier alpha value is -3.81. The van der Waals surface area contributed by atoms with E-state index in [1.54, 1.807) is 24.0 Å². The van der Waals surface area contributed by atoms with Gasteiger partial charge in [0.25, 0.3) is 11.6 Å². The SMILES string of the molecule is Cc1c(C(=O)N2CCN(c3ccc(-c4ccccc4)nn3)CC2)cccc1[N+](=O)[O-]. The third-order valence-corrected chi connectivity index (χ3v) is 5.34. The van der Waals surface area contributed by atoms with Gasteiger partial charge in [0.2, 0.25) is 0 Å². The third-order valence-electron chi connectivity index (χ3n) is 5.34. The molecule has 0 bridgehead atoms. The molecule has 0 atom stereocenters. The molecule has 2 heterocycles. The lowest BCUT2D eigenvalue weighted by molar-refractivity contribution is -0.385. The van der Waals surface area contributed by atoms with Gasteiger partial charge in [-0.05, 0) is 25.1 Å². The van der Waals surface area contributed by atoms with Crippen LogP contribution in [0.25, 0.3) is 11.3 Å². The number of nitro benzene ring substituents is 1. The summed E-state index contributed by atoms with van der Waals surface area (Å²) in [5, 5.41) is 19.8. The molecule has 2 aromatic carbocycles. The minimum atomic E-state index is -0.457. The Morgan fingerprint density at radius 1 is 0.933 bits per heavy atom. The lowest BCUT2D eigenvalue weighted by Crippen LogP contribution is -2.49. The van der Waals surface area contributed by atoms with Crippen molar-refractivity contribution in [1.82, 2.24) is 15.1 Å². The van der Waals surface area contributed by atoms with Crippen molar-refractivity contribution in [2.75, 3.05) is 31.1 Å². The van der Waals surface area contributed by atoms with E-state index in [1.807, 2.05) is 42.5 Å². The fourth-order valence-corrected chi connectivity index (χ4v) is 3.62. The first kappa shape index (κ1) is 19.5. The van der Waals surface area contributed by atoms with Crippen LogP contribution < -0.4 is 4.90 Å². The van der Waals surface area contributed by atoms with E-state index in [4.69, 9.17) is 0 Å². The molecule has 1 saturated heterocycles. The van der Waals surface area contributed by atoms with Gasteiger partial charge in [0.1, 0.15) is 0 Å². The minimum absolute atomic E-state index is 0.0340. The molecule has 0 radical (unpaired) electrons. The molecule has 1 aliphatic rings. The van der Waals surface area contributed by atoms with Gasteiger partial charge in [0.05, 0.1) is 10.6 Å². The Bertz CT molecular complexity index is 1060. The molecule has 3 aromatic rings. The number of hydrogen-bond donors (Lipinski definition) is 0. The minimum Gasteiger partial charge on any atom is -0.352 e. The van der Waals surface area contributed by atoms with Crippen molar-refractivity contribution < 1.29 is 9.72 Å². The molecule has 0 unspecified atom stereocenters. The zero-order chi connectivity index (χ0) is 21.1. The smallest absolute Gasteiger partial charge is 0.273 e. The van der Waals surface area contributed by atoms with Crippen LogP contribution in [-0.4, -0.2) is 52.1 Å². The van der Waals surface area contributed by atoms with Crippen molar-refractivity contribution in [2.45, 2.75) is 6.92 Å². The predicted octanol–water partition coefficient (Wildman–Crippen LogP) is 3.32. The number of benzene rings is 2. The second-order valence-electron chi connectivity index (χ2n) is 7.13. The molecule has 0 N–H and O–H groups in total. The number of rotatable bonds is 4. The molecule has 1 aliphatic heterocycles. The summed E-state index contributed by atoms with van der Waals surface area (Å²) in [6.45, 7) is 3.90. The fraction of sp³-hybridized carbons (Fsp3) is 0.227. The van der Waals surface area contributed by atoms with Crippen LogP contribution in [0, 0.1) is 17.0 Å². The number of anilines is 1. The predicted molar refractivity (Wildman–Crippen MR) is 113 cm³/mol. The summed E-state index contributed by atoms with van der Waals surface area (Å²) in [5.41, 5.74) is 2.57. The highest BCUT2D eigenvalue weighted by molar-refractivity contribution is 5.96. The Morgan fingerprint density at radius 3 is 2.30 bits per heavy atom. The van der Waals surface area contributed by atoms with Crippen molar-refractivity contribution in [1.29, 1.82) is 0 Å². The second kappa shape index (κ2) is 8.28. The van der Waals surface area contributed by atoms with Crippen LogP contribution in [0.2, 0.25) is 0 Å². The lowest BCUT2D eigenvalue weighted by Gasteiger charge is -2.35. The number of amides is 1. The van der Waals surface area contributed by atoms with Gasteiger partial charge in [0, 0.05) is 48.9 Å². The summed E-state index contributed by atoms with van der Waals surface area (Å²) in [5.74, 6) is 0.592. The van der Waals surface area contributed by atoms with Gasteiger partial charge in [-0.15, -0.1) is 10.2 Å². The number of nitro groups is 1. The van der Waals surface area contributed by atoms with Crippen molar-refractivity contribution in [3.8, 4) is 11.3 Å². The van der Waals surface area contributed by atoms with Crippen LogP contribution in [0.4, 0.5) is 11.5 Å². The van der Waals surface area contributed by atoms with Crippen molar-refractivity contribution in [2.24, 2.45) is 0 Å². The molecule has 1 aromatic heterocycles. The van der Waals surface area contributed by atoms with Gasteiger partial charge in [-0.3, -0.25) is 14.9 Å². The molecule has 1 fully saturated rings. The largest absolute Gasteiger partial charge is 0.352 e. The van der Waals surface area contributed by atoms with E-state index in [0.29, 0.717) is 37.3 Å². The molecule has 4 rings (SSSR count). The highest BCUT2D eigenvalue weighted by atomic mass is 16.6. The Kier molecular flexibility index (Phi) is 5.38. The molecule has 0 saturated carbocycles. The van der Waals surface area contributed by atoms with Crippen LogP contribution in [0.15, 0.2) is 60.7 Å². The van der Waals surface area contributed by atoms with E-state index in [-0.39, 0.29) is 11.6 Å². The van der Waals surface area contributed by atoms with Gasteiger partial charge in [-0.1, -0.05) is 36.4 Å². The Balaban J connectivity index is 1.42. The number of nitrogens with zero attached hydrogens (tertiary/aromatic N) is 5. The van der Waals surface area contributed by atoms with Gasteiger partial charge >= 0.3 is 0 Å². The third kappa shape index (κ3) is 3.84. The molecule has 152 valence electrons. The number of carbonyl (C=O) groups excluding carboxylic acids is 1. The van der Waals surface area contributed by atoms with Gasteiger partial charge < -0.3 is 9.80 Å². The molecule has 30 heavy (non-hydrogen) atoms. The molecule has 8 heteroatoms. The highest BCUT2D eigenvalue weighted by Crippen LogP contribution is 2.24. The van der Waals surface area contributed by atoms with E-state index < -0.39 is 4.92 Å². The van der Waals surface area contributed by atoms with E-state index in [2.05, 4.69) is 15.1 Å². The van der Waals surface area contributed by atoms with Gasteiger partial charge in [-0.2, -0.15) is 0 Å². The second-order valence-corrected chi connectivity index (χ2v) is 7.13. The summed E-state index contributed by atoms with van der Waals surface area (Å²) >= 11 is 0. The molecular formula is C22H21N5O3. The van der Waals surface area contributed by atoms with Gasteiger partial charge in [-0.25, -0.2) is 0 Å². The summed E-state index contributed by atoms with van der Waals surface area (Å²) in [7, 11) is 0. The molecule has 0 aliphatic carbocycles. The number of hydrogen-bond acceptors (Lipinski definition) is 6. The molecule has 0 spiro atoms. The summed E-state index contributed by atoms with van der Waals surface area (Å²) in [6.07, 6.45) is 0. The van der Waals surface area contributed by atoms with Crippen molar-refractivity contribution in [3.05, 3.63) is 81.9 Å². The van der Waals surface area contributed by atoms with E-state index >= 15 is 0 Å². The maximum absolute atomic E-state index is 12.9. The average Bonchev–Trinajstić information content (AvgIpc) is 2.79. The van der Waals surface area contributed by atoms with Gasteiger partial charge in [0.15, 0.2) is 5.82 Å². The topological polar surface area (TPSA) is 92.5 Å². The lowest BCUT2D eigenvalue weighted by atomic mass is 10.1. The monoisotopic (exact) mass is 403 g/mol. The summed E-state index contributed by atoms with van der Waals surface area (Å²) in [4.78, 5) is 27.4. The Labute approximate surface area is 173 Å². The Morgan fingerprint density at radius 2 is 1.67 bits per heavy atom. The van der Waals surface area contributed by atoms with E-state index in [1.165, 1.54) is 6.07 Å². The summed E-state index contributed by atoms with van der Waals surface area (Å²) in [6, 6.07) is 18.4. The zero-order valence-corrected chi connectivity index (χ0v) is 16.6. The standard InChI is InChI=1S/C22H21N5O3/c1-16-18(8-5-9-20(16)27(29)30)22(28)26-14-12-25(13-15-26)21-11-10-19(23-24-21)17-6-3-2-4-7-17/h2-11H,12-15H2,1H3. The van der Waals surface area contributed by atoms with E-state index in [0.717, 1.165) is 17.1 Å². The first-order valence-corrected chi connectivity index (χ1v) is 9.72. The number of aromatic nitrogens is 2. The van der Waals surface area contributed by atoms with Crippen LogP contribution in [0.5, 0.6) is 0 Å². The first-order chi connectivity index (χ1) is 14.5. The van der Waals surface area contributed by atoms with E-state index in [9.17, 15) is 14.9 Å². The molecule has 8 nitrogen and oxygen atoms in total. The van der Waals surface area contributed by atoms with Crippen LogP contribution in [-0.2, 0) is 0 Å².